The highest BCUT2D eigenvalue weighted by molar-refractivity contribution is 6.09. The van der Waals surface area contributed by atoms with Gasteiger partial charge in [-0.3, -0.25) is 9.59 Å². The summed E-state index contributed by atoms with van der Waals surface area (Å²) in [6.45, 7) is 7.31. The van der Waals surface area contributed by atoms with E-state index >= 15 is 0 Å². The van der Waals surface area contributed by atoms with Crippen molar-refractivity contribution in [1.29, 1.82) is 0 Å². The molecule has 0 fully saturated rings. The number of carbonyl (C=O) groups excluding carboxylic acids is 3. The number of hydrogen-bond donors (Lipinski definition) is 3. The molecule has 0 atom stereocenters. The van der Waals surface area contributed by atoms with Crippen LogP contribution in [0.5, 0.6) is 5.75 Å². The molecule has 0 unspecified atom stereocenters. The number of carbonyl (C=O) groups is 3. The number of ketones is 1. The van der Waals surface area contributed by atoms with Crippen molar-refractivity contribution in [3.8, 4) is 5.75 Å². The SMILES string of the molecule is CCN(CC)CCNC(=O)c1ccc(NC(=O)Nc2ccc(C(=O)c3ccccc3)cc2)cc1OC. The molecule has 0 spiro atoms. The molecular formula is C28H32N4O4. The van der Waals surface area contributed by atoms with E-state index in [9.17, 15) is 14.4 Å². The highest BCUT2D eigenvalue weighted by atomic mass is 16.5. The first-order chi connectivity index (χ1) is 17.4. The molecule has 3 rings (SSSR count). The van der Waals surface area contributed by atoms with Crippen molar-refractivity contribution in [2.45, 2.75) is 13.8 Å². The summed E-state index contributed by atoms with van der Waals surface area (Å²) >= 11 is 0. The fourth-order valence-corrected chi connectivity index (χ4v) is 3.67. The predicted octanol–water partition coefficient (Wildman–Crippen LogP) is 4.64. The number of urea groups is 1. The maximum Gasteiger partial charge on any atom is 0.323 e. The summed E-state index contributed by atoms with van der Waals surface area (Å²) in [5.74, 6) is 0.0351. The van der Waals surface area contributed by atoms with Crippen LogP contribution in [0.3, 0.4) is 0 Å². The predicted molar refractivity (Wildman–Crippen MR) is 142 cm³/mol. The molecule has 0 heterocycles. The van der Waals surface area contributed by atoms with Crippen molar-refractivity contribution in [3.05, 3.63) is 89.5 Å². The number of benzene rings is 3. The van der Waals surface area contributed by atoms with Gasteiger partial charge in [0.25, 0.3) is 5.91 Å². The van der Waals surface area contributed by atoms with E-state index in [0.29, 0.717) is 40.4 Å². The highest BCUT2D eigenvalue weighted by Gasteiger charge is 2.14. The van der Waals surface area contributed by atoms with Gasteiger partial charge in [0.15, 0.2) is 5.78 Å². The van der Waals surface area contributed by atoms with Crippen molar-refractivity contribution in [2.75, 3.05) is 43.9 Å². The minimum Gasteiger partial charge on any atom is -0.496 e. The Bertz CT molecular complexity index is 1180. The van der Waals surface area contributed by atoms with E-state index in [1.54, 1.807) is 54.6 Å². The van der Waals surface area contributed by atoms with Crippen LogP contribution in [0.2, 0.25) is 0 Å². The molecule has 0 aromatic heterocycles. The lowest BCUT2D eigenvalue weighted by atomic mass is 10.0. The number of nitrogens with one attached hydrogen (secondary N) is 3. The first-order valence-corrected chi connectivity index (χ1v) is 11.9. The second-order valence-corrected chi connectivity index (χ2v) is 8.05. The number of nitrogens with zero attached hydrogens (tertiary/aromatic N) is 1. The van der Waals surface area contributed by atoms with Crippen LogP contribution in [0.4, 0.5) is 16.2 Å². The molecule has 0 aliphatic heterocycles. The fourth-order valence-electron chi connectivity index (χ4n) is 3.67. The Morgan fingerprint density at radius 3 is 2.06 bits per heavy atom. The summed E-state index contributed by atoms with van der Waals surface area (Å²) < 4.78 is 5.37. The van der Waals surface area contributed by atoms with E-state index in [0.717, 1.165) is 19.6 Å². The number of likely N-dealkylation sites (N-methyl/N-ethyl adjacent to an activating group) is 1. The van der Waals surface area contributed by atoms with Gasteiger partial charge in [0.1, 0.15) is 5.75 Å². The van der Waals surface area contributed by atoms with Gasteiger partial charge in [0.05, 0.1) is 12.7 Å². The van der Waals surface area contributed by atoms with Gasteiger partial charge in [0, 0.05) is 41.7 Å². The zero-order valence-corrected chi connectivity index (χ0v) is 20.8. The van der Waals surface area contributed by atoms with Gasteiger partial charge in [-0.2, -0.15) is 0 Å². The van der Waals surface area contributed by atoms with Crippen molar-refractivity contribution in [2.24, 2.45) is 0 Å². The Labute approximate surface area is 211 Å². The van der Waals surface area contributed by atoms with Crippen molar-refractivity contribution < 1.29 is 19.1 Å². The monoisotopic (exact) mass is 488 g/mol. The Kier molecular flexibility index (Phi) is 9.59. The lowest BCUT2D eigenvalue weighted by Crippen LogP contribution is -2.34. The van der Waals surface area contributed by atoms with Gasteiger partial charge < -0.3 is 25.6 Å². The average molecular weight is 489 g/mol. The van der Waals surface area contributed by atoms with Gasteiger partial charge in [-0.05, 0) is 49.5 Å². The molecule has 0 radical (unpaired) electrons. The quantitative estimate of drug-likeness (QED) is 0.342. The maximum atomic E-state index is 12.6. The lowest BCUT2D eigenvalue weighted by molar-refractivity contribution is 0.0945. The first-order valence-electron chi connectivity index (χ1n) is 11.9. The fraction of sp³-hybridized carbons (Fsp3) is 0.250. The van der Waals surface area contributed by atoms with Crippen LogP contribution in [0.15, 0.2) is 72.8 Å². The first kappa shape index (κ1) is 26.4. The van der Waals surface area contributed by atoms with Crippen LogP contribution in [-0.4, -0.2) is 55.9 Å². The normalized spacial score (nSPS) is 10.6. The van der Waals surface area contributed by atoms with E-state index in [1.807, 2.05) is 18.2 Å². The van der Waals surface area contributed by atoms with Gasteiger partial charge in [-0.1, -0.05) is 44.2 Å². The summed E-state index contributed by atoms with van der Waals surface area (Å²) in [6, 6.07) is 20.1. The number of hydrogen-bond acceptors (Lipinski definition) is 5. The minimum atomic E-state index is -0.462. The Morgan fingerprint density at radius 1 is 0.806 bits per heavy atom. The summed E-state index contributed by atoms with van der Waals surface area (Å²) in [5.41, 5.74) is 2.53. The molecule has 36 heavy (non-hydrogen) atoms. The third-order valence-electron chi connectivity index (χ3n) is 5.75. The molecule has 8 nitrogen and oxygen atoms in total. The second kappa shape index (κ2) is 13.1. The van der Waals surface area contributed by atoms with Gasteiger partial charge in [0.2, 0.25) is 0 Å². The van der Waals surface area contributed by atoms with E-state index in [-0.39, 0.29) is 11.7 Å². The van der Waals surface area contributed by atoms with E-state index in [2.05, 4.69) is 34.7 Å². The van der Waals surface area contributed by atoms with Gasteiger partial charge >= 0.3 is 6.03 Å². The Hall–Kier alpha value is -4.17. The Morgan fingerprint density at radius 2 is 1.42 bits per heavy atom. The molecule has 3 N–H and O–H groups in total. The lowest BCUT2D eigenvalue weighted by Gasteiger charge is -2.18. The Balaban J connectivity index is 1.57. The molecule has 0 aliphatic carbocycles. The van der Waals surface area contributed by atoms with Gasteiger partial charge in [-0.15, -0.1) is 0 Å². The summed E-state index contributed by atoms with van der Waals surface area (Å²) in [4.78, 5) is 39.8. The second-order valence-electron chi connectivity index (χ2n) is 8.05. The topological polar surface area (TPSA) is 99.8 Å². The molecule has 3 aromatic rings. The standard InChI is InChI=1S/C28H32N4O4/c1-4-32(5-2)18-17-29-27(34)24-16-15-23(19-25(24)36-3)31-28(35)30-22-13-11-21(12-14-22)26(33)20-9-7-6-8-10-20/h6-16,19H,4-5,17-18H2,1-3H3,(H,29,34)(H2,30,31,35). The van der Waals surface area contributed by atoms with Crippen LogP contribution in [0.25, 0.3) is 0 Å². The third-order valence-corrected chi connectivity index (χ3v) is 5.75. The largest absolute Gasteiger partial charge is 0.496 e. The molecule has 0 saturated heterocycles. The summed E-state index contributed by atoms with van der Waals surface area (Å²) in [5, 5.41) is 8.37. The van der Waals surface area contributed by atoms with E-state index in [1.165, 1.54) is 7.11 Å². The average Bonchev–Trinajstić information content (AvgIpc) is 2.91. The molecule has 0 bridgehead atoms. The molecular weight excluding hydrogens is 456 g/mol. The van der Waals surface area contributed by atoms with E-state index in [4.69, 9.17) is 4.74 Å². The van der Waals surface area contributed by atoms with Crippen molar-refractivity contribution >= 4 is 29.1 Å². The van der Waals surface area contributed by atoms with Crippen LogP contribution < -0.4 is 20.7 Å². The summed E-state index contributed by atoms with van der Waals surface area (Å²) in [7, 11) is 1.48. The number of anilines is 2. The number of ether oxygens (including phenoxy) is 1. The van der Waals surface area contributed by atoms with Crippen LogP contribution in [0.1, 0.15) is 40.1 Å². The summed E-state index contributed by atoms with van der Waals surface area (Å²) in [6.07, 6.45) is 0. The number of amides is 3. The number of rotatable bonds is 11. The van der Waals surface area contributed by atoms with E-state index < -0.39 is 6.03 Å². The third kappa shape index (κ3) is 7.16. The van der Waals surface area contributed by atoms with Crippen LogP contribution in [-0.2, 0) is 0 Å². The maximum absolute atomic E-state index is 12.6. The molecule has 3 aromatic carbocycles. The van der Waals surface area contributed by atoms with Crippen molar-refractivity contribution in [1.82, 2.24) is 10.2 Å². The van der Waals surface area contributed by atoms with Crippen LogP contribution in [0, 0.1) is 0 Å². The number of methoxy groups -OCH3 is 1. The minimum absolute atomic E-state index is 0.0872. The zero-order chi connectivity index (χ0) is 25.9. The van der Waals surface area contributed by atoms with Gasteiger partial charge in [-0.25, -0.2) is 4.79 Å². The van der Waals surface area contributed by atoms with Crippen LogP contribution >= 0.6 is 0 Å². The van der Waals surface area contributed by atoms with Crippen molar-refractivity contribution in [3.63, 3.8) is 0 Å². The zero-order valence-electron chi connectivity index (χ0n) is 20.8. The molecule has 3 amide bonds. The smallest absolute Gasteiger partial charge is 0.323 e. The molecule has 0 aliphatic rings. The molecule has 0 saturated carbocycles. The molecule has 8 heteroatoms. The highest BCUT2D eigenvalue weighted by Crippen LogP contribution is 2.23. The molecule has 188 valence electrons.